The molecule has 166 valence electrons. The summed E-state index contributed by atoms with van der Waals surface area (Å²) in [7, 11) is -3.70. The van der Waals surface area contributed by atoms with Crippen LogP contribution in [0.25, 0.3) is 21.3 Å². The normalized spacial score (nSPS) is 20.2. The highest BCUT2D eigenvalue weighted by molar-refractivity contribution is 7.89. The van der Waals surface area contributed by atoms with Crippen LogP contribution in [0.4, 0.5) is 5.82 Å². The fraction of sp³-hybridized carbons (Fsp3) is 0.429. The molecule has 1 aliphatic heterocycles. The summed E-state index contributed by atoms with van der Waals surface area (Å²) in [5, 5.41) is 8.72. The zero-order chi connectivity index (χ0) is 21.9. The first-order chi connectivity index (χ1) is 15.5. The zero-order valence-electron chi connectivity index (χ0n) is 17.6. The first-order valence-corrected chi connectivity index (χ1v) is 13.0. The van der Waals surface area contributed by atoms with Crippen LogP contribution in [0.5, 0.6) is 0 Å². The first-order valence-electron chi connectivity index (χ1n) is 10.7. The molecule has 0 saturated carbocycles. The summed E-state index contributed by atoms with van der Waals surface area (Å²) in [4.78, 5) is 14.0. The lowest BCUT2D eigenvalue weighted by Crippen LogP contribution is -2.49. The van der Waals surface area contributed by atoms with Crippen molar-refractivity contribution < 1.29 is 13.0 Å². The Kier molecular flexibility index (Phi) is 4.67. The minimum Gasteiger partial charge on any atom is -0.353 e. The van der Waals surface area contributed by atoms with Crippen LogP contribution < -0.4 is 4.90 Å². The monoisotopic (exact) mass is 470 g/mol. The highest BCUT2D eigenvalue weighted by Crippen LogP contribution is 2.40. The van der Waals surface area contributed by atoms with Gasteiger partial charge in [0.2, 0.25) is 10.0 Å². The van der Waals surface area contributed by atoms with Crippen LogP contribution >= 0.6 is 11.3 Å². The Morgan fingerprint density at radius 3 is 2.81 bits per heavy atom. The van der Waals surface area contributed by atoms with Gasteiger partial charge < -0.3 is 4.90 Å². The van der Waals surface area contributed by atoms with Crippen LogP contribution in [-0.2, 0) is 22.9 Å². The number of fused-ring (bicyclic) bond motifs is 4. The molecule has 0 N–H and O–H groups in total. The highest BCUT2D eigenvalue weighted by atomic mass is 32.2. The molecule has 0 radical (unpaired) electrons. The largest absolute Gasteiger partial charge is 0.353 e. The summed E-state index contributed by atoms with van der Waals surface area (Å²) in [5.74, 6) is 1.63. The smallest absolute Gasteiger partial charge is 0.245 e. The molecule has 0 unspecified atom stereocenters. The lowest BCUT2D eigenvalue weighted by Gasteiger charge is -2.35. The summed E-state index contributed by atoms with van der Waals surface area (Å²) in [5.41, 5.74) is 2.09. The topological polar surface area (TPSA) is 105 Å². The number of anilines is 1. The number of rotatable bonds is 3. The maximum atomic E-state index is 13.3. The van der Waals surface area contributed by atoms with E-state index in [9.17, 15) is 8.42 Å². The molecule has 0 amide bonds. The van der Waals surface area contributed by atoms with Gasteiger partial charge >= 0.3 is 0 Å². The molecule has 1 aromatic carbocycles. The van der Waals surface area contributed by atoms with Crippen molar-refractivity contribution in [1.29, 1.82) is 0 Å². The first kappa shape index (κ1) is 20.0. The highest BCUT2D eigenvalue weighted by Gasteiger charge is 2.32. The Bertz CT molecular complexity index is 1420. The van der Waals surface area contributed by atoms with Crippen molar-refractivity contribution in [2.75, 3.05) is 31.1 Å². The minimum atomic E-state index is -3.70. The number of benzene rings is 1. The van der Waals surface area contributed by atoms with Crippen LogP contribution in [0.15, 0.2) is 34.1 Å². The van der Waals surface area contributed by atoms with Crippen LogP contribution in [0.3, 0.4) is 0 Å². The number of hydrogen-bond acceptors (Lipinski definition) is 9. The minimum absolute atomic E-state index is 0.134. The van der Waals surface area contributed by atoms with E-state index in [0.717, 1.165) is 28.9 Å². The maximum absolute atomic E-state index is 13.3. The number of nitrogens with zero attached hydrogens (tertiary/aromatic N) is 6. The molecule has 11 heteroatoms. The predicted molar refractivity (Wildman–Crippen MR) is 121 cm³/mol. The molecule has 9 nitrogen and oxygen atoms in total. The Balaban J connectivity index is 1.29. The zero-order valence-corrected chi connectivity index (χ0v) is 19.2. The van der Waals surface area contributed by atoms with E-state index in [4.69, 9.17) is 4.63 Å². The molecule has 4 aromatic rings. The Labute approximate surface area is 189 Å². The van der Waals surface area contributed by atoms with Crippen molar-refractivity contribution >= 4 is 48.4 Å². The van der Waals surface area contributed by atoms with Crippen LogP contribution in [0.2, 0.25) is 0 Å². The average molecular weight is 471 g/mol. The molecule has 1 aliphatic carbocycles. The van der Waals surface area contributed by atoms with Crippen molar-refractivity contribution in [1.82, 2.24) is 24.6 Å². The van der Waals surface area contributed by atoms with E-state index >= 15 is 0 Å². The van der Waals surface area contributed by atoms with Gasteiger partial charge in [0, 0.05) is 31.1 Å². The molecule has 4 heterocycles. The third kappa shape index (κ3) is 3.10. The molecule has 1 atom stereocenters. The predicted octanol–water partition coefficient (Wildman–Crippen LogP) is 2.86. The third-order valence-corrected chi connectivity index (χ3v) is 9.57. The van der Waals surface area contributed by atoms with Crippen molar-refractivity contribution in [3.8, 4) is 0 Å². The molecular weight excluding hydrogens is 448 g/mol. The van der Waals surface area contributed by atoms with Gasteiger partial charge in [0.15, 0.2) is 5.52 Å². The van der Waals surface area contributed by atoms with Crippen molar-refractivity contribution in [2.24, 2.45) is 5.92 Å². The second kappa shape index (κ2) is 7.46. The molecule has 3 aromatic heterocycles. The fourth-order valence-corrected chi connectivity index (χ4v) is 7.67. The van der Waals surface area contributed by atoms with Gasteiger partial charge in [-0.2, -0.15) is 4.31 Å². The van der Waals surface area contributed by atoms with Crippen molar-refractivity contribution in [3.05, 3.63) is 35.0 Å². The summed E-state index contributed by atoms with van der Waals surface area (Å²) < 4.78 is 32.9. The molecule has 1 fully saturated rings. The summed E-state index contributed by atoms with van der Waals surface area (Å²) >= 11 is 1.78. The Morgan fingerprint density at radius 1 is 1.12 bits per heavy atom. The van der Waals surface area contributed by atoms with Gasteiger partial charge in [0.05, 0.1) is 5.39 Å². The number of sulfonamides is 1. The second-order valence-corrected chi connectivity index (χ2v) is 11.5. The van der Waals surface area contributed by atoms with Crippen LogP contribution in [-0.4, -0.2) is 59.2 Å². The van der Waals surface area contributed by atoms with Gasteiger partial charge in [0.1, 0.15) is 27.4 Å². The van der Waals surface area contributed by atoms with E-state index in [1.54, 1.807) is 35.9 Å². The number of thiophene rings is 1. The SMILES string of the molecule is C[C@H]1CCc2c(sc3ncnc(N4CCN(S(=O)(=O)c5cccc6nonc56)CC4)c23)C1. The Hall–Kier alpha value is -2.63. The van der Waals surface area contributed by atoms with Gasteiger partial charge in [-0.1, -0.05) is 13.0 Å². The molecule has 1 saturated heterocycles. The average Bonchev–Trinajstić information content (AvgIpc) is 3.42. The van der Waals surface area contributed by atoms with Crippen molar-refractivity contribution in [2.45, 2.75) is 31.1 Å². The number of aromatic nitrogens is 4. The van der Waals surface area contributed by atoms with Gasteiger partial charge in [-0.25, -0.2) is 23.0 Å². The third-order valence-electron chi connectivity index (χ3n) is 6.48. The lowest BCUT2D eigenvalue weighted by molar-refractivity contribution is 0.315. The fourth-order valence-electron chi connectivity index (χ4n) is 4.77. The van der Waals surface area contributed by atoms with E-state index < -0.39 is 10.0 Å². The van der Waals surface area contributed by atoms with Gasteiger partial charge in [-0.3, -0.25) is 0 Å². The Morgan fingerprint density at radius 2 is 1.97 bits per heavy atom. The van der Waals surface area contributed by atoms with Gasteiger partial charge in [-0.05, 0) is 53.2 Å². The summed E-state index contributed by atoms with van der Waals surface area (Å²) in [6.07, 6.45) is 4.97. The standard InChI is InChI=1S/C21H22N6O3S2/c1-13-5-6-14-16(11-13)31-21-18(14)20(22-12-23-21)26-7-9-27(10-8-26)32(28,29)17-4-2-3-15-19(17)25-30-24-15/h2-4,12-13H,5-11H2,1H3/t13-/m0/s1. The number of hydrogen-bond donors (Lipinski definition) is 0. The second-order valence-electron chi connectivity index (χ2n) is 8.51. The maximum Gasteiger partial charge on any atom is 0.245 e. The molecule has 0 spiro atoms. The number of aryl methyl sites for hydroxylation is 1. The van der Waals surface area contributed by atoms with E-state index in [2.05, 4.69) is 32.1 Å². The summed E-state index contributed by atoms with van der Waals surface area (Å²) in [6, 6.07) is 4.90. The quantitative estimate of drug-likeness (QED) is 0.450. The molecule has 6 rings (SSSR count). The van der Waals surface area contributed by atoms with Gasteiger partial charge in [-0.15, -0.1) is 11.3 Å². The van der Waals surface area contributed by atoms with Crippen molar-refractivity contribution in [3.63, 3.8) is 0 Å². The van der Waals surface area contributed by atoms with E-state index in [-0.39, 0.29) is 10.4 Å². The van der Waals surface area contributed by atoms with E-state index in [1.807, 2.05) is 0 Å². The molecule has 0 bridgehead atoms. The number of piperazine rings is 1. The molecular formula is C21H22N6O3S2. The molecule has 32 heavy (non-hydrogen) atoms. The van der Waals surface area contributed by atoms with E-state index in [1.165, 1.54) is 21.2 Å². The lowest BCUT2D eigenvalue weighted by atomic mass is 9.89. The molecule has 2 aliphatic rings. The van der Waals surface area contributed by atoms with Gasteiger partial charge in [0.25, 0.3) is 0 Å². The summed E-state index contributed by atoms with van der Waals surface area (Å²) in [6.45, 7) is 4.19. The van der Waals surface area contributed by atoms with Crippen LogP contribution in [0, 0.1) is 5.92 Å². The van der Waals surface area contributed by atoms with E-state index in [0.29, 0.717) is 37.6 Å². The van der Waals surface area contributed by atoms with Crippen LogP contribution in [0.1, 0.15) is 23.8 Å².